The third kappa shape index (κ3) is 2.84. The molecule has 0 aliphatic carbocycles. The van der Waals surface area contributed by atoms with Crippen molar-refractivity contribution in [1.29, 1.82) is 0 Å². The van der Waals surface area contributed by atoms with Crippen LogP contribution in [0.4, 0.5) is 5.95 Å². The molecule has 0 spiro atoms. The Hall–Kier alpha value is -3.39. The molecule has 1 fully saturated rings. The van der Waals surface area contributed by atoms with Gasteiger partial charge in [-0.1, -0.05) is 0 Å². The number of hydrogen-bond donors (Lipinski definition) is 2. The zero-order chi connectivity index (χ0) is 18.7. The van der Waals surface area contributed by atoms with Crippen molar-refractivity contribution in [2.45, 2.75) is 0 Å². The second-order valence-electron chi connectivity index (χ2n) is 7.19. The molecule has 29 heavy (non-hydrogen) atoms. The Kier molecular flexibility index (Phi) is 4.02. The Labute approximate surface area is 171 Å². The number of halogens is 1. The SMILES string of the molecule is Cl.O=c1ccc2cc(-c3nc(N4CC5=CNCC5C4)nc4nc[nH]c34)ccc2o1. The molecule has 2 N–H and O–H groups in total. The van der Waals surface area contributed by atoms with E-state index in [-0.39, 0.29) is 18.0 Å². The monoisotopic (exact) mass is 408 g/mol. The molecule has 1 saturated heterocycles. The molecule has 1 atom stereocenters. The molecular weight excluding hydrogens is 392 g/mol. The molecule has 3 aromatic heterocycles. The van der Waals surface area contributed by atoms with E-state index in [1.165, 1.54) is 11.6 Å². The molecule has 5 heterocycles. The quantitative estimate of drug-likeness (QED) is 0.491. The number of imidazole rings is 1. The standard InChI is InChI=1S/C20H16N6O2.ClH/c27-16-4-2-11-5-12(1-3-15(11)28-16)17-18-19(23-10-22-18)25-20(24-17)26-8-13-6-21-7-14(13)9-26;/h1-6,10,14,21H,7-9H2,(H,22,23,24,25);1H. The summed E-state index contributed by atoms with van der Waals surface area (Å²) in [4.78, 5) is 30.7. The number of hydrogen-bond acceptors (Lipinski definition) is 7. The third-order valence-electron chi connectivity index (χ3n) is 5.44. The molecule has 0 radical (unpaired) electrons. The number of rotatable bonds is 2. The van der Waals surface area contributed by atoms with Gasteiger partial charge in [0.15, 0.2) is 5.65 Å². The number of aromatic amines is 1. The molecule has 2 aliphatic rings. The van der Waals surface area contributed by atoms with Gasteiger partial charge < -0.3 is 19.6 Å². The summed E-state index contributed by atoms with van der Waals surface area (Å²) in [5, 5.41) is 4.15. The van der Waals surface area contributed by atoms with Crippen LogP contribution in [0.15, 0.2) is 57.6 Å². The first-order valence-electron chi connectivity index (χ1n) is 9.17. The van der Waals surface area contributed by atoms with Crippen molar-refractivity contribution in [2.75, 3.05) is 24.5 Å². The van der Waals surface area contributed by atoms with E-state index in [9.17, 15) is 4.79 Å². The normalized spacial score (nSPS) is 17.9. The molecule has 8 nitrogen and oxygen atoms in total. The smallest absolute Gasteiger partial charge is 0.336 e. The van der Waals surface area contributed by atoms with Crippen LogP contribution in [-0.4, -0.2) is 39.6 Å². The van der Waals surface area contributed by atoms with Crippen LogP contribution in [0.2, 0.25) is 0 Å². The largest absolute Gasteiger partial charge is 0.423 e. The number of aromatic nitrogens is 4. The number of anilines is 1. The minimum atomic E-state index is -0.357. The maximum atomic E-state index is 11.4. The van der Waals surface area contributed by atoms with Crippen molar-refractivity contribution in [3.63, 3.8) is 0 Å². The Balaban J connectivity index is 0.00000181. The van der Waals surface area contributed by atoms with Gasteiger partial charge in [-0.3, -0.25) is 0 Å². The van der Waals surface area contributed by atoms with E-state index in [4.69, 9.17) is 9.40 Å². The van der Waals surface area contributed by atoms with Crippen LogP contribution in [-0.2, 0) is 0 Å². The van der Waals surface area contributed by atoms with E-state index in [0.717, 1.165) is 41.8 Å². The first-order chi connectivity index (χ1) is 13.7. The highest BCUT2D eigenvalue weighted by Crippen LogP contribution is 2.32. The van der Waals surface area contributed by atoms with E-state index in [1.54, 1.807) is 18.5 Å². The molecule has 6 rings (SSSR count). The van der Waals surface area contributed by atoms with Crippen molar-refractivity contribution >= 4 is 40.5 Å². The minimum absolute atomic E-state index is 0. The fraction of sp³-hybridized carbons (Fsp3) is 0.200. The predicted octanol–water partition coefficient (Wildman–Crippen LogP) is 2.47. The zero-order valence-electron chi connectivity index (χ0n) is 15.3. The van der Waals surface area contributed by atoms with Crippen LogP contribution in [0.3, 0.4) is 0 Å². The lowest BCUT2D eigenvalue weighted by Gasteiger charge is -2.17. The summed E-state index contributed by atoms with van der Waals surface area (Å²) in [5.41, 5.74) is 4.73. The Morgan fingerprint density at radius 2 is 2.10 bits per heavy atom. The Morgan fingerprint density at radius 3 is 3.00 bits per heavy atom. The van der Waals surface area contributed by atoms with E-state index in [0.29, 0.717) is 23.1 Å². The van der Waals surface area contributed by atoms with Crippen molar-refractivity contribution in [3.05, 3.63) is 58.9 Å². The number of nitrogens with zero attached hydrogens (tertiary/aromatic N) is 4. The second-order valence-corrected chi connectivity index (χ2v) is 7.19. The van der Waals surface area contributed by atoms with E-state index < -0.39 is 0 Å². The number of benzene rings is 1. The topological polar surface area (TPSA) is 99.9 Å². The minimum Gasteiger partial charge on any atom is -0.423 e. The van der Waals surface area contributed by atoms with Crippen LogP contribution in [0.5, 0.6) is 0 Å². The molecule has 4 aromatic rings. The van der Waals surface area contributed by atoms with Crippen LogP contribution in [0.25, 0.3) is 33.4 Å². The Morgan fingerprint density at radius 1 is 1.17 bits per heavy atom. The van der Waals surface area contributed by atoms with Gasteiger partial charge in [0, 0.05) is 42.6 Å². The van der Waals surface area contributed by atoms with Crippen molar-refractivity contribution in [1.82, 2.24) is 25.3 Å². The molecule has 9 heteroatoms. The molecule has 2 aliphatic heterocycles. The molecule has 0 amide bonds. The van der Waals surface area contributed by atoms with Gasteiger partial charge in [-0.05, 0) is 36.0 Å². The van der Waals surface area contributed by atoms with Crippen LogP contribution >= 0.6 is 12.4 Å². The van der Waals surface area contributed by atoms with Gasteiger partial charge >= 0.3 is 5.63 Å². The summed E-state index contributed by atoms with van der Waals surface area (Å²) in [6.07, 6.45) is 3.74. The summed E-state index contributed by atoms with van der Waals surface area (Å²) < 4.78 is 5.24. The summed E-state index contributed by atoms with van der Waals surface area (Å²) >= 11 is 0. The highest BCUT2D eigenvalue weighted by molar-refractivity contribution is 5.91. The van der Waals surface area contributed by atoms with Gasteiger partial charge in [-0.2, -0.15) is 4.98 Å². The maximum Gasteiger partial charge on any atom is 0.336 e. The lowest BCUT2D eigenvalue weighted by atomic mass is 10.1. The fourth-order valence-electron chi connectivity index (χ4n) is 4.03. The molecule has 1 unspecified atom stereocenters. The lowest BCUT2D eigenvalue weighted by Crippen LogP contribution is -2.25. The van der Waals surface area contributed by atoms with Crippen molar-refractivity contribution in [3.8, 4) is 11.3 Å². The zero-order valence-corrected chi connectivity index (χ0v) is 16.1. The summed E-state index contributed by atoms with van der Waals surface area (Å²) in [7, 11) is 0. The Bertz CT molecular complexity index is 1330. The van der Waals surface area contributed by atoms with Gasteiger partial charge in [-0.15, -0.1) is 12.4 Å². The van der Waals surface area contributed by atoms with Gasteiger partial charge in [0.05, 0.1) is 6.33 Å². The molecule has 0 saturated carbocycles. The fourth-order valence-corrected chi connectivity index (χ4v) is 4.03. The van der Waals surface area contributed by atoms with Gasteiger partial charge in [-0.25, -0.2) is 14.8 Å². The summed E-state index contributed by atoms with van der Waals surface area (Å²) in [5.74, 6) is 1.20. The predicted molar refractivity (Wildman–Crippen MR) is 112 cm³/mol. The van der Waals surface area contributed by atoms with Crippen LogP contribution in [0.1, 0.15) is 0 Å². The van der Waals surface area contributed by atoms with E-state index >= 15 is 0 Å². The van der Waals surface area contributed by atoms with Crippen molar-refractivity contribution in [2.24, 2.45) is 5.92 Å². The van der Waals surface area contributed by atoms with E-state index in [1.807, 2.05) is 12.1 Å². The summed E-state index contributed by atoms with van der Waals surface area (Å²) in [6, 6.07) is 8.86. The first-order valence-corrected chi connectivity index (χ1v) is 9.17. The van der Waals surface area contributed by atoms with Gasteiger partial charge in [0.25, 0.3) is 0 Å². The molecule has 1 aromatic carbocycles. The van der Waals surface area contributed by atoms with Crippen molar-refractivity contribution < 1.29 is 4.42 Å². The van der Waals surface area contributed by atoms with Crippen LogP contribution < -0.4 is 15.8 Å². The average Bonchev–Trinajstić information content (AvgIpc) is 3.42. The summed E-state index contributed by atoms with van der Waals surface area (Å²) in [6.45, 7) is 2.70. The number of H-pyrrole nitrogens is 1. The highest BCUT2D eigenvalue weighted by Gasteiger charge is 2.32. The van der Waals surface area contributed by atoms with E-state index in [2.05, 4.69) is 31.4 Å². The lowest BCUT2D eigenvalue weighted by molar-refractivity contribution is 0.561. The number of fused-ring (bicyclic) bond motifs is 3. The number of nitrogens with one attached hydrogen (secondary N) is 2. The molecule has 146 valence electrons. The van der Waals surface area contributed by atoms with Crippen LogP contribution in [0, 0.1) is 5.92 Å². The molecule has 0 bridgehead atoms. The third-order valence-corrected chi connectivity index (χ3v) is 5.44. The maximum absolute atomic E-state index is 11.4. The highest BCUT2D eigenvalue weighted by atomic mass is 35.5. The van der Waals surface area contributed by atoms with Gasteiger partial charge in [0.1, 0.15) is 16.8 Å². The first kappa shape index (κ1) is 17.7. The molecular formula is C20H17ClN6O2. The average molecular weight is 409 g/mol. The second kappa shape index (κ2) is 6.59. The van der Waals surface area contributed by atoms with Gasteiger partial charge in [0.2, 0.25) is 5.95 Å².